The second kappa shape index (κ2) is 5.87. The summed E-state index contributed by atoms with van der Waals surface area (Å²) in [5.41, 5.74) is 1.05. The van der Waals surface area contributed by atoms with Crippen LogP contribution in [-0.4, -0.2) is 31.3 Å². The first-order chi connectivity index (χ1) is 8.54. The molecule has 18 heavy (non-hydrogen) atoms. The normalized spacial score (nSPS) is 24.4. The molecule has 2 rings (SSSR count). The molecule has 1 aliphatic rings. The molecular weight excluding hydrogens is 246 g/mol. The Bertz CT molecular complexity index is 418. The number of aromatic nitrogens is 2. The molecule has 1 aromatic heterocycles. The number of hydrogen-bond acceptors (Lipinski definition) is 3. The molecule has 5 heteroatoms. The van der Waals surface area contributed by atoms with Gasteiger partial charge in [0.2, 0.25) is 5.95 Å². The van der Waals surface area contributed by atoms with Crippen molar-refractivity contribution in [1.82, 2.24) is 9.55 Å². The van der Waals surface area contributed by atoms with Crippen LogP contribution in [-0.2, 0) is 17.3 Å². The second-order valence-corrected chi connectivity index (χ2v) is 7.21. The molecule has 0 amide bonds. The zero-order valence-electron chi connectivity index (χ0n) is 11.5. The molecule has 2 heterocycles. The molecule has 0 unspecified atom stereocenters. The van der Waals surface area contributed by atoms with E-state index < -0.39 is 10.8 Å². The zero-order valence-corrected chi connectivity index (χ0v) is 12.3. The van der Waals surface area contributed by atoms with E-state index in [9.17, 15) is 4.21 Å². The van der Waals surface area contributed by atoms with E-state index in [-0.39, 0.29) is 0 Å². The Kier molecular flexibility index (Phi) is 4.43. The Morgan fingerprint density at radius 1 is 1.50 bits per heavy atom. The summed E-state index contributed by atoms with van der Waals surface area (Å²) in [5.74, 6) is 3.22. The van der Waals surface area contributed by atoms with Crippen molar-refractivity contribution in [2.45, 2.75) is 46.2 Å². The first kappa shape index (κ1) is 13.6. The van der Waals surface area contributed by atoms with E-state index in [2.05, 4.69) is 34.9 Å². The summed E-state index contributed by atoms with van der Waals surface area (Å²) in [4.78, 5) is 4.55. The van der Waals surface area contributed by atoms with Gasteiger partial charge in [-0.3, -0.25) is 4.21 Å². The van der Waals surface area contributed by atoms with Crippen LogP contribution in [0.3, 0.4) is 0 Å². The molecule has 0 aromatic carbocycles. The van der Waals surface area contributed by atoms with Crippen LogP contribution in [0.4, 0.5) is 5.95 Å². The predicted molar refractivity (Wildman–Crippen MR) is 76.3 cm³/mol. The summed E-state index contributed by atoms with van der Waals surface area (Å²) in [6, 6.07) is 0.426. The lowest BCUT2D eigenvalue weighted by Crippen LogP contribution is -2.30. The van der Waals surface area contributed by atoms with Gasteiger partial charge in [-0.25, -0.2) is 4.98 Å². The van der Waals surface area contributed by atoms with Crippen LogP contribution in [0.5, 0.6) is 0 Å². The minimum absolute atomic E-state index is 0.426. The highest BCUT2D eigenvalue weighted by molar-refractivity contribution is 7.85. The minimum atomic E-state index is -0.595. The number of nitrogens with one attached hydrogen (secondary N) is 1. The van der Waals surface area contributed by atoms with Gasteiger partial charge >= 0.3 is 0 Å². The van der Waals surface area contributed by atoms with Gasteiger partial charge < -0.3 is 9.88 Å². The smallest absolute Gasteiger partial charge is 0.203 e. The minimum Gasteiger partial charge on any atom is -0.353 e. The lowest BCUT2D eigenvalue weighted by molar-refractivity contribution is 0.521. The van der Waals surface area contributed by atoms with Crippen molar-refractivity contribution in [1.29, 1.82) is 0 Å². The Balaban J connectivity index is 2.01. The van der Waals surface area contributed by atoms with Gasteiger partial charge in [-0.15, -0.1) is 0 Å². The molecule has 0 spiro atoms. The fraction of sp³-hybridized carbons (Fsp3) is 0.769. The summed E-state index contributed by atoms with van der Waals surface area (Å²) in [6.45, 7) is 7.44. The molecule has 0 bridgehead atoms. The summed E-state index contributed by atoms with van der Waals surface area (Å²) in [7, 11) is -0.595. The monoisotopic (exact) mass is 269 g/mol. The Morgan fingerprint density at radius 3 is 2.78 bits per heavy atom. The van der Waals surface area contributed by atoms with E-state index in [4.69, 9.17) is 0 Å². The quantitative estimate of drug-likeness (QED) is 0.911. The highest BCUT2D eigenvalue weighted by Crippen LogP contribution is 2.17. The third kappa shape index (κ3) is 3.57. The standard InChI is InChI=1S/C13H23N3OS/c1-10(2)8-16-9-11(3)14-13(16)15-12-4-6-18(17)7-5-12/h9-10,12H,4-8H2,1-3H3,(H,14,15). The number of aryl methyl sites for hydroxylation is 1. The molecule has 1 N–H and O–H groups in total. The van der Waals surface area contributed by atoms with Crippen LogP contribution in [0, 0.1) is 12.8 Å². The van der Waals surface area contributed by atoms with Gasteiger partial charge in [0.05, 0.1) is 5.69 Å². The zero-order chi connectivity index (χ0) is 13.1. The van der Waals surface area contributed by atoms with Crippen molar-refractivity contribution < 1.29 is 4.21 Å². The van der Waals surface area contributed by atoms with Crippen LogP contribution in [0.25, 0.3) is 0 Å². The van der Waals surface area contributed by atoms with E-state index in [0.29, 0.717) is 12.0 Å². The maximum Gasteiger partial charge on any atom is 0.203 e. The highest BCUT2D eigenvalue weighted by atomic mass is 32.2. The molecule has 1 aliphatic heterocycles. The third-order valence-corrected chi connectivity index (χ3v) is 4.56. The average Bonchev–Trinajstić information content (AvgIpc) is 2.61. The van der Waals surface area contributed by atoms with Crippen LogP contribution >= 0.6 is 0 Å². The highest BCUT2D eigenvalue weighted by Gasteiger charge is 2.19. The van der Waals surface area contributed by atoms with Crippen molar-refractivity contribution in [2.75, 3.05) is 16.8 Å². The average molecular weight is 269 g/mol. The molecule has 102 valence electrons. The topological polar surface area (TPSA) is 46.9 Å². The fourth-order valence-corrected chi connectivity index (χ4v) is 3.61. The number of anilines is 1. The summed E-state index contributed by atoms with van der Waals surface area (Å²) in [5, 5.41) is 3.51. The van der Waals surface area contributed by atoms with Gasteiger partial charge in [0.1, 0.15) is 0 Å². The van der Waals surface area contributed by atoms with Gasteiger partial charge in [-0.1, -0.05) is 13.8 Å². The number of imidazole rings is 1. The van der Waals surface area contributed by atoms with Gasteiger partial charge in [0.15, 0.2) is 0 Å². The van der Waals surface area contributed by atoms with Crippen molar-refractivity contribution in [3.05, 3.63) is 11.9 Å². The maximum atomic E-state index is 11.3. The van der Waals surface area contributed by atoms with Crippen LogP contribution < -0.4 is 5.32 Å². The van der Waals surface area contributed by atoms with Crippen LogP contribution in [0.2, 0.25) is 0 Å². The second-order valence-electron chi connectivity index (χ2n) is 5.52. The van der Waals surface area contributed by atoms with Crippen molar-refractivity contribution in [2.24, 2.45) is 5.92 Å². The van der Waals surface area contributed by atoms with Gasteiger partial charge in [-0.05, 0) is 25.7 Å². The molecule has 0 atom stereocenters. The summed E-state index contributed by atoms with van der Waals surface area (Å²) in [6.07, 6.45) is 4.07. The fourth-order valence-electron chi connectivity index (χ4n) is 2.32. The van der Waals surface area contributed by atoms with Crippen LogP contribution in [0.1, 0.15) is 32.4 Å². The van der Waals surface area contributed by atoms with Crippen molar-refractivity contribution >= 4 is 16.7 Å². The lowest BCUT2D eigenvalue weighted by atomic mass is 10.1. The maximum absolute atomic E-state index is 11.3. The molecule has 1 aromatic rings. The molecule has 0 saturated carbocycles. The van der Waals surface area contributed by atoms with Crippen LogP contribution in [0.15, 0.2) is 6.20 Å². The first-order valence-corrected chi connectivity index (χ1v) is 8.18. The van der Waals surface area contributed by atoms with E-state index in [1.807, 2.05) is 6.92 Å². The predicted octanol–water partition coefficient (Wildman–Crippen LogP) is 2.17. The largest absolute Gasteiger partial charge is 0.353 e. The van der Waals surface area contributed by atoms with E-state index in [1.54, 1.807) is 0 Å². The molecular formula is C13H23N3OS. The SMILES string of the molecule is Cc1cn(CC(C)C)c(NC2CCS(=O)CC2)n1. The van der Waals surface area contributed by atoms with E-state index in [0.717, 1.165) is 42.5 Å². The summed E-state index contributed by atoms with van der Waals surface area (Å²) >= 11 is 0. The van der Waals surface area contributed by atoms with Crippen molar-refractivity contribution in [3.8, 4) is 0 Å². The number of hydrogen-bond donors (Lipinski definition) is 1. The molecule has 0 radical (unpaired) electrons. The first-order valence-electron chi connectivity index (χ1n) is 6.70. The molecule has 0 aliphatic carbocycles. The number of rotatable bonds is 4. The molecule has 1 saturated heterocycles. The molecule has 4 nitrogen and oxygen atoms in total. The van der Waals surface area contributed by atoms with Gasteiger partial charge in [0, 0.05) is 41.1 Å². The van der Waals surface area contributed by atoms with Crippen molar-refractivity contribution in [3.63, 3.8) is 0 Å². The van der Waals surface area contributed by atoms with E-state index in [1.165, 1.54) is 0 Å². The summed E-state index contributed by atoms with van der Waals surface area (Å²) < 4.78 is 13.5. The Hall–Kier alpha value is -0.840. The lowest BCUT2D eigenvalue weighted by Gasteiger charge is -2.23. The van der Waals surface area contributed by atoms with Gasteiger partial charge in [0.25, 0.3) is 0 Å². The van der Waals surface area contributed by atoms with Gasteiger partial charge in [-0.2, -0.15) is 0 Å². The number of nitrogens with zero attached hydrogens (tertiary/aromatic N) is 2. The Labute approximate surface area is 112 Å². The van der Waals surface area contributed by atoms with E-state index >= 15 is 0 Å². The third-order valence-electron chi connectivity index (χ3n) is 3.18. The Morgan fingerprint density at radius 2 is 2.17 bits per heavy atom. The molecule has 1 fully saturated rings.